The molecule has 0 aliphatic carbocycles. The third-order valence-corrected chi connectivity index (χ3v) is 0.725. The number of hydrogen-bond donors (Lipinski definition) is 0. The molecule has 0 aliphatic heterocycles. The van der Waals surface area contributed by atoms with E-state index in [9.17, 15) is 4.39 Å². The van der Waals surface area contributed by atoms with Gasteiger partial charge in [0.25, 0.3) is 0 Å². The Morgan fingerprint density at radius 2 is 2.33 bits per heavy atom. The molecule has 0 aliphatic rings. The van der Waals surface area contributed by atoms with Crippen LogP contribution in [-0.2, 0) is 0 Å². The first kappa shape index (κ1) is 6.22. The lowest BCUT2D eigenvalue weighted by atomic mass is 10.4. The van der Waals surface area contributed by atoms with Gasteiger partial charge in [0.15, 0.2) is 5.63 Å². The van der Waals surface area contributed by atoms with E-state index in [0.29, 0.717) is 6.42 Å². The molecular weight excluding hydrogens is 102 g/mol. The fourth-order valence-electron chi connectivity index (χ4n) is 0.218. The first-order valence-corrected chi connectivity index (χ1v) is 2.49. The van der Waals surface area contributed by atoms with Crippen molar-refractivity contribution >= 4 is 11.6 Å². The van der Waals surface area contributed by atoms with Crippen molar-refractivity contribution in [2.45, 2.75) is 25.4 Å². The maximum absolute atomic E-state index is 11.5. The summed E-state index contributed by atoms with van der Waals surface area (Å²) in [5, 5.41) is 0. The SMILES string of the molecule is CCCC(F)Cl. The average molecular weight is 111 g/mol. The first-order valence-electron chi connectivity index (χ1n) is 2.05. The minimum atomic E-state index is -1.13. The summed E-state index contributed by atoms with van der Waals surface area (Å²) < 4.78 is 11.5. The summed E-state index contributed by atoms with van der Waals surface area (Å²) in [5.41, 5.74) is -1.13. The molecule has 0 N–H and O–H groups in total. The zero-order chi connectivity index (χ0) is 4.99. The molecule has 0 aromatic heterocycles. The lowest BCUT2D eigenvalue weighted by Crippen LogP contribution is -1.82. The highest BCUT2D eigenvalue weighted by atomic mass is 35.5. The first-order chi connectivity index (χ1) is 2.77. The molecule has 0 fully saturated rings. The monoisotopic (exact) mass is 110 g/mol. The quantitative estimate of drug-likeness (QED) is 0.479. The van der Waals surface area contributed by atoms with Gasteiger partial charge in [-0.1, -0.05) is 24.9 Å². The second-order valence-electron chi connectivity index (χ2n) is 1.18. The summed E-state index contributed by atoms with van der Waals surface area (Å²) >= 11 is 4.91. The van der Waals surface area contributed by atoms with Crippen LogP contribution in [-0.4, -0.2) is 5.63 Å². The van der Waals surface area contributed by atoms with Crippen molar-refractivity contribution in [3.05, 3.63) is 0 Å². The van der Waals surface area contributed by atoms with Crippen molar-refractivity contribution in [3.63, 3.8) is 0 Å². The largest absolute Gasteiger partial charge is 0.230 e. The number of alkyl halides is 2. The maximum atomic E-state index is 11.5. The molecule has 0 saturated carbocycles. The predicted molar refractivity (Wildman–Crippen MR) is 25.7 cm³/mol. The molecular formula is C4H8ClF. The fraction of sp³-hybridized carbons (Fsp3) is 1.00. The Labute approximate surface area is 42.3 Å². The average Bonchev–Trinajstić information content (AvgIpc) is 1.35. The summed E-state index contributed by atoms with van der Waals surface area (Å²) in [5.74, 6) is 0. The topological polar surface area (TPSA) is 0 Å². The Morgan fingerprint density at radius 3 is 2.33 bits per heavy atom. The van der Waals surface area contributed by atoms with Gasteiger partial charge in [0.2, 0.25) is 0 Å². The van der Waals surface area contributed by atoms with E-state index in [4.69, 9.17) is 11.6 Å². The Bertz CT molecular complexity index is 28.7. The molecule has 0 bridgehead atoms. The highest BCUT2D eigenvalue weighted by molar-refractivity contribution is 6.19. The van der Waals surface area contributed by atoms with Crippen molar-refractivity contribution in [3.8, 4) is 0 Å². The van der Waals surface area contributed by atoms with Crippen molar-refractivity contribution in [2.24, 2.45) is 0 Å². The van der Waals surface area contributed by atoms with Gasteiger partial charge in [-0.3, -0.25) is 0 Å². The van der Waals surface area contributed by atoms with Gasteiger partial charge in [0.05, 0.1) is 0 Å². The van der Waals surface area contributed by atoms with E-state index in [0.717, 1.165) is 6.42 Å². The molecule has 0 aromatic rings. The van der Waals surface area contributed by atoms with Crippen LogP contribution in [0.1, 0.15) is 19.8 Å². The molecule has 38 valence electrons. The molecule has 0 saturated heterocycles. The molecule has 0 aromatic carbocycles. The van der Waals surface area contributed by atoms with E-state index >= 15 is 0 Å². The van der Waals surface area contributed by atoms with Gasteiger partial charge in [-0.05, 0) is 6.42 Å². The fourth-order valence-corrected chi connectivity index (χ4v) is 0.436. The lowest BCUT2D eigenvalue weighted by molar-refractivity contribution is 0.418. The lowest BCUT2D eigenvalue weighted by Gasteiger charge is -1.89. The third-order valence-electron chi connectivity index (χ3n) is 0.507. The van der Waals surface area contributed by atoms with Gasteiger partial charge in [0, 0.05) is 0 Å². The number of rotatable bonds is 2. The molecule has 6 heavy (non-hydrogen) atoms. The van der Waals surface area contributed by atoms with Gasteiger partial charge in [0.1, 0.15) is 0 Å². The highest BCUT2D eigenvalue weighted by Crippen LogP contribution is 2.03. The molecule has 0 amide bonds. The zero-order valence-corrected chi connectivity index (χ0v) is 4.50. The maximum Gasteiger partial charge on any atom is 0.173 e. The van der Waals surface area contributed by atoms with Crippen LogP contribution in [0.2, 0.25) is 0 Å². The van der Waals surface area contributed by atoms with E-state index in [2.05, 4.69) is 0 Å². The van der Waals surface area contributed by atoms with Gasteiger partial charge in [-0.2, -0.15) is 0 Å². The molecule has 0 heterocycles. The van der Waals surface area contributed by atoms with E-state index < -0.39 is 5.63 Å². The normalized spacial score (nSPS) is 14.5. The third kappa shape index (κ3) is 4.22. The Hall–Kier alpha value is 0.220. The van der Waals surface area contributed by atoms with Crippen LogP contribution < -0.4 is 0 Å². The second-order valence-corrected chi connectivity index (χ2v) is 1.65. The summed E-state index contributed by atoms with van der Waals surface area (Å²) in [7, 11) is 0. The molecule has 1 atom stereocenters. The zero-order valence-electron chi connectivity index (χ0n) is 3.75. The Balaban J connectivity index is 2.63. The van der Waals surface area contributed by atoms with Crippen LogP contribution in [0.5, 0.6) is 0 Å². The van der Waals surface area contributed by atoms with Gasteiger partial charge in [-0.25, -0.2) is 4.39 Å². The van der Waals surface area contributed by atoms with Crippen LogP contribution in [0.4, 0.5) is 4.39 Å². The minimum absolute atomic E-state index is 0.474. The smallest absolute Gasteiger partial charge is 0.173 e. The van der Waals surface area contributed by atoms with Gasteiger partial charge >= 0.3 is 0 Å². The molecule has 0 nitrogen and oxygen atoms in total. The predicted octanol–water partition coefficient (Wildman–Crippen LogP) is 2.32. The standard InChI is InChI=1S/C4H8ClF/c1-2-3-4(5)6/h4H,2-3H2,1H3. The Kier molecular flexibility index (Phi) is 3.54. The van der Waals surface area contributed by atoms with Gasteiger partial charge in [-0.15, -0.1) is 0 Å². The van der Waals surface area contributed by atoms with Crippen LogP contribution in [0, 0.1) is 0 Å². The van der Waals surface area contributed by atoms with Crippen LogP contribution in [0.15, 0.2) is 0 Å². The van der Waals surface area contributed by atoms with Gasteiger partial charge < -0.3 is 0 Å². The summed E-state index contributed by atoms with van der Waals surface area (Å²) in [6, 6.07) is 0. The number of halogens is 2. The summed E-state index contributed by atoms with van der Waals surface area (Å²) in [4.78, 5) is 0. The van der Waals surface area contributed by atoms with Crippen LogP contribution in [0.25, 0.3) is 0 Å². The molecule has 0 radical (unpaired) electrons. The Morgan fingerprint density at radius 1 is 1.83 bits per heavy atom. The van der Waals surface area contributed by atoms with Crippen molar-refractivity contribution < 1.29 is 4.39 Å². The van der Waals surface area contributed by atoms with Crippen LogP contribution in [0.3, 0.4) is 0 Å². The van der Waals surface area contributed by atoms with Crippen molar-refractivity contribution in [1.29, 1.82) is 0 Å². The van der Waals surface area contributed by atoms with Crippen molar-refractivity contribution in [1.82, 2.24) is 0 Å². The molecule has 0 rings (SSSR count). The van der Waals surface area contributed by atoms with E-state index in [-0.39, 0.29) is 0 Å². The van der Waals surface area contributed by atoms with Crippen molar-refractivity contribution in [2.75, 3.05) is 0 Å². The summed E-state index contributed by atoms with van der Waals surface area (Å²) in [6.07, 6.45) is 1.30. The summed E-state index contributed by atoms with van der Waals surface area (Å²) in [6.45, 7) is 1.90. The second kappa shape index (κ2) is 3.41. The molecule has 0 spiro atoms. The molecule has 1 unspecified atom stereocenters. The van der Waals surface area contributed by atoms with E-state index in [1.807, 2.05) is 6.92 Å². The molecule has 2 heteroatoms. The highest BCUT2D eigenvalue weighted by Gasteiger charge is 1.93. The number of hydrogen-bond acceptors (Lipinski definition) is 0. The van der Waals surface area contributed by atoms with E-state index in [1.165, 1.54) is 0 Å². The van der Waals surface area contributed by atoms with Crippen LogP contribution >= 0.6 is 11.6 Å². The van der Waals surface area contributed by atoms with E-state index in [1.54, 1.807) is 0 Å². The minimum Gasteiger partial charge on any atom is -0.230 e.